The van der Waals surface area contributed by atoms with E-state index in [-0.39, 0.29) is 22.4 Å². The molecule has 23 heavy (non-hydrogen) atoms. The number of rotatable bonds is 5. The maximum absolute atomic E-state index is 12.7. The van der Waals surface area contributed by atoms with Crippen LogP contribution in [0.2, 0.25) is 0 Å². The third kappa shape index (κ3) is 3.81. The quantitative estimate of drug-likeness (QED) is 0.380. The number of aromatic hydroxyl groups is 1. The van der Waals surface area contributed by atoms with Gasteiger partial charge in [0.05, 0.1) is 18.2 Å². The lowest BCUT2D eigenvalue weighted by Crippen LogP contribution is -2.14. The number of thiol groups is 1. The number of phenols is 1. The summed E-state index contributed by atoms with van der Waals surface area (Å²) in [5, 5.41) is 9.94. The maximum atomic E-state index is 12.7. The highest BCUT2D eigenvalue weighted by atomic mass is 32.1. The Labute approximate surface area is 137 Å². The van der Waals surface area contributed by atoms with E-state index in [9.17, 15) is 19.1 Å². The molecule has 1 atom stereocenters. The molecule has 5 nitrogen and oxygen atoms in total. The highest BCUT2D eigenvalue weighted by Gasteiger charge is 2.22. The molecular weight excluding hydrogens is 323 g/mol. The van der Waals surface area contributed by atoms with Gasteiger partial charge in [-0.05, 0) is 18.2 Å². The maximum Gasteiger partial charge on any atom is 0.342 e. The van der Waals surface area contributed by atoms with Crippen molar-refractivity contribution in [3.8, 4) is 11.5 Å². The molecule has 0 fully saturated rings. The lowest BCUT2D eigenvalue weighted by Gasteiger charge is -2.10. The molecule has 0 bridgehead atoms. The van der Waals surface area contributed by atoms with Crippen LogP contribution in [0.1, 0.15) is 26.3 Å². The van der Waals surface area contributed by atoms with E-state index < -0.39 is 17.4 Å². The van der Waals surface area contributed by atoms with Crippen LogP contribution < -0.4 is 4.74 Å². The summed E-state index contributed by atoms with van der Waals surface area (Å²) in [6.07, 6.45) is 0. The van der Waals surface area contributed by atoms with Gasteiger partial charge in [0.25, 0.3) is 5.69 Å². The molecule has 0 aliphatic carbocycles. The normalized spacial score (nSPS) is 11.6. The molecule has 2 rings (SSSR count). The summed E-state index contributed by atoms with van der Waals surface area (Å²) in [6.45, 7) is 0. The van der Waals surface area contributed by atoms with Gasteiger partial charge in [-0.25, -0.2) is 4.79 Å². The topological polar surface area (TPSA) is 72.8 Å². The number of ketones is 1. The Kier molecular flexibility index (Phi) is 5.23. The van der Waals surface area contributed by atoms with Crippen LogP contribution in [0.5, 0.6) is 11.5 Å². The van der Waals surface area contributed by atoms with E-state index in [2.05, 4.69) is 17.4 Å². The number of hydrogen-bond acceptors (Lipinski definition) is 6. The summed E-state index contributed by atoms with van der Waals surface area (Å²) in [5.74, 6) is -1.55. The molecule has 1 unspecified atom stereocenters. The van der Waals surface area contributed by atoms with Gasteiger partial charge in [-0.1, -0.05) is 18.2 Å². The zero-order chi connectivity index (χ0) is 17.0. The molecular formula is C16H13FO5S. The van der Waals surface area contributed by atoms with Gasteiger partial charge >= 0.3 is 5.97 Å². The summed E-state index contributed by atoms with van der Waals surface area (Å²) in [5.41, 5.74) is -2.26. The Morgan fingerprint density at radius 2 is 1.78 bits per heavy atom. The van der Waals surface area contributed by atoms with Crippen LogP contribution in [0, 0.1) is 0 Å². The van der Waals surface area contributed by atoms with E-state index in [1.807, 2.05) is 0 Å². The first kappa shape index (κ1) is 16.8. The van der Waals surface area contributed by atoms with Gasteiger partial charge in [-0.2, -0.15) is 4.39 Å². The van der Waals surface area contributed by atoms with Gasteiger partial charge < -0.3 is 14.6 Å². The minimum Gasteiger partial charge on any atom is -0.507 e. The molecule has 0 aromatic heterocycles. The number of benzene rings is 2. The Bertz CT molecular complexity index is 745. The van der Waals surface area contributed by atoms with Crippen molar-refractivity contribution in [1.29, 1.82) is 0 Å². The van der Waals surface area contributed by atoms with Crippen molar-refractivity contribution in [1.82, 2.24) is 0 Å². The van der Waals surface area contributed by atoms with Gasteiger partial charge in [0.2, 0.25) is 0 Å². The van der Waals surface area contributed by atoms with Crippen molar-refractivity contribution in [2.75, 3.05) is 7.11 Å². The van der Waals surface area contributed by atoms with Crippen molar-refractivity contribution < 1.29 is 28.6 Å². The molecule has 0 amide bonds. The van der Waals surface area contributed by atoms with Crippen LogP contribution in [-0.2, 0) is 4.74 Å². The van der Waals surface area contributed by atoms with Crippen LogP contribution in [0.25, 0.3) is 0 Å². The van der Waals surface area contributed by atoms with E-state index in [0.29, 0.717) is 5.75 Å². The average molecular weight is 336 g/mol. The standard InChI is InChI=1S/C16H13FO5S/c1-21-9-6-7-12(13(18)8-9)14(19)10-4-2-3-5-11(10)15(20)22-16(17)23/h2-8,16,18,23H,1H3. The Morgan fingerprint density at radius 3 is 2.35 bits per heavy atom. The number of carbonyl (C=O) groups excluding carboxylic acids is 2. The van der Waals surface area contributed by atoms with Crippen molar-refractivity contribution >= 4 is 24.4 Å². The SMILES string of the molecule is COc1ccc(C(=O)c2ccccc2C(=O)OC(F)S)c(O)c1. The molecule has 1 N–H and O–H groups in total. The molecule has 0 heterocycles. The molecule has 0 saturated heterocycles. The smallest absolute Gasteiger partial charge is 0.342 e. The highest BCUT2D eigenvalue weighted by Crippen LogP contribution is 2.27. The Morgan fingerprint density at radius 1 is 1.13 bits per heavy atom. The second-order valence-corrected chi connectivity index (χ2v) is 4.86. The van der Waals surface area contributed by atoms with Gasteiger partial charge in [-0.15, -0.1) is 12.6 Å². The van der Waals surface area contributed by atoms with E-state index >= 15 is 0 Å². The summed E-state index contributed by atoms with van der Waals surface area (Å²) in [6, 6.07) is 9.90. The number of esters is 1. The summed E-state index contributed by atoms with van der Waals surface area (Å²) >= 11 is 3.33. The number of carbonyl (C=O) groups is 2. The number of methoxy groups -OCH3 is 1. The van der Waals surface area contributed by atoms with Crippen molar-refractivity contribution in [3.05, 3.63) is 59.2 Å². The Hall–Kier alpha value is -2.54. The monoisotopic (exact) mass is 336 g/mol. The molecule has 7 heteroatoms. The second kappa shape index (κ2) is 7.15. The molecule has 120 valence electrons. The first-order valence-electron chi connectivity index (χ1n) is 6.48. The van der Waals surface area contributed by atoms with Crippen LogP contribution >= 0.6 is 12.6 Å². The van der Waals surface area contributed by atoms with Crippen molar-refractivity contribution in [3.63, 3.8) is 0 Å². The third-order valence-electron chi connectivity index (χ3n) is 3.05. The van der Waals surface area contributed by atoms with E-state index in [4.69, 9.17) is 4.74 Å². The van der Waals surface area contributed by atoms with Crippen LogP contribution in [0.15, 0.2) is 42.5 Å². The van der Waals surface area contributed by atoms with E-state index in [1.54, 1.807) is 0 Å². The fourth-order valence-corrected chi connectivity index (χ4v) is 2.08. The fraction of sp³-hybridized carbons (Fsp3) is 0.125. The van der Waals surface area contributed by atoms with Crippen LogP contribution in [-0.4, -0.2) is 29.7 Å². The average Bonchev–Trinajstić information content (AvgIpc) is 2.53. The van der Waals surface area contributed by atoms with E-state index in [0.717, 1.165) is 0 Å². The van der Waals surface area contributed by atoms with Gasteiger partial charge in [-0.3, -0.25) is 4.79 Å². The van der Waals surface area contributed by atoms with Gasteiger partial charge in [0.1, 0.15) is 11.5 Å². The minimum absolute atomic E-state index is 0.0197. The second-order valence-electron chi connectivity index (χ2n) is 4.46. The molecule has 0 aliphatic rings. The van der Waals surface area contributed by atoms with Crippen LogP contribution in [0.3, 0.4) is 0 Å². The Balaban J connectivity index is 2.42. The zero-order valence-corrected chi connectivity index (χ0v) is 12.9. The first-order chi connectivity index (χ1) is 10.9. The third-order valence-corrected chi connectivity index (χ3v) is 3.15. The van der Waals surface area contributed by atoms with Crippen molar-refractivity contribution in [2.24, 2.45) is 0 Å². The zero-order valence-electron chi connectivity index (χ0n) is 12.0. The van der Waals surface area contributed by atoms with Crippen LogP contribution in [0.4, 0.5) is 4.39 Å². The lowest BCUT2D eigenvalue weighted by molar-refractivity contribution is 0.0217. The van der Waals surface area contributed by atoms with E-state index in [1.165, 1.54) is 49.6 Å². The lowest BCUT2D eigenvalue weighted by atomic mass is 9.97. The first-order valence-corrected chi connectivity index (χ1v) is 6.99. The fourth-order valence-electron chi connectivity index (χ4n) is 1.99. The van der Waals surface area contributed by atoms with Gasteiger partial charge in [0, 0.05) is 11.6 Å². The summed E-state index contributed by atoms with van der Waals surface area (Å²) in [4.78, 5) is 24.4. The number of phenolic OH excluding ortho intramolecular Hbond substituents is 1. The number of halogens is 1. The predicted molar refractivity (Wildman–Crippen MR) is 83.8 cm³/mol. The molecule has 0 spiro atoms. The summed E-state index contributed by atoms with van der Waals surface area (Å²) in [7, 11) is 1.42. The molecule has 2 aromatic rings. The molecule has 2 aromatic carbocycles. The van der Waals surface area contributed by atoms with Gasteiger partial charge in [0.15, 0.2) is 5.78 Å². The molecule has 0 aliphatic heterocycles. The van der Waals surface area contributed by atoms with Crippen molar-refractivity contribution in [2.45, 2.75) is 5.69 Å². The largest absolute Gasteiger partial charge is 0.507 e. The predicted octanol–water partition coefficient (Wildman–Crippen LogP) is 2.97. The number of alkyl halides is 1. The molecule has 0 radical (unpaired) electrons. The highest BCUT2D eigenvalue weighted by molar-refractivity contribution is 7.80. The summed E-state index contributed by atoms with van der Waals surface area (Å²) < 4.78 is 22.0. The number of hydrogen-bond donors (Lipinski definition) is 2. The molecule has 0 saturated carbocycles. The number of ether oxygens (including phenoxy) is 2. The minimum atomic E-state index is -2.10.